The number of piperidine rings is 1. The summed E-state index contributed by atoms with van der Waals surface area (Å²) in [6, 6.07) is 5.54. The molecule has 1 saturated heterocycles. The predicted octanol–water partition coefficient (Wildman–Crippen LogP) is 3.84. The summed E-state index contributed by atoms with van der Waals surface area (Å²) in [5.74, 6) is 0.998. The number of nitrogens with zero attached hydrogens (tertiary/aromatic N) is 2. The average Bonchev–Trinajstić information content (AvgIpc) is 2.45. The van der Waals surface area contributed by atoms with Gasteiger partial charge < -0.3 is 5.32 Å². The van der Waals surface area contributed by atoms with Gasteiger partial charge in [-0.25, -0.2) is 4.98 Å². The lowest BCUT2D eigenvalue weighted by Gasteiger charge is -2.38. The maximum absolute atomic E-state index is 4.55. The highest BCUT2D eigenvalue weighted by Crippen LogP contribution is 2.32. The number of rotatable bonds is 5. The fraction of sp³-hybridized carbons (Fsp3) is 0.688. The molecule has 1 aromatic rings. The summed E-state index contributed by atoms with van der Waals surface area (Å²) in [5, 5.41) is 3.33. The molecule has 1 atom stereocenters. The van der Waals surface area contributed by atoms with Gasteiger partial charge in [0.2, 0.25) is 0 Å². The molecule has 2 rings (SSSR count). The first-order valence-corrected chi connectivity index (χ1v) is 7.68. The van der Waals surface area contributed by atoms with Crippen molar-refractivity contribution in [2.45, 2.75) is 58.5 Å². The van der Waals surface area contributed by atoms with E-state index in [2.05, 4.69) is 54.3 Å². The number of hydrogen-bond donors (Lipinski definition) is 1. The average molecular weight is 261 g/mol. The van der Waals surface area contributed by atoms with Gasteiger partial charge >= 0.3 is 0 Å². The molecule has 1 aromatic heterocycles. The highest BCUT2D eigenvalue weighted by molar-refractivity contribution is 5.36. The molecule has 19 heavy (non-hydrogen) atoms. The number of nitrogens with one attached hydrogen (secondary N) is 1. The van der Waals surface area contributed by atoms with Crippen LogP contribution in [0.4, 0.5) is 5.82 Å². The molecule has 3 heteroatoms. The van der Waals surface area contributed by atoms with Crippen LogP contribution in [0.15, 0.2) is 18.3 Å². The Morgan fingerprint density at radius 2 is 2.21 bits per heavy atom. The minimum absolute atomic E-state index is 0.557. The summed E-state index contributed by atoms with van der Waals surface area (Å²) in [6.07, 6.45) is 7.13. The Morgan fingerprint density at radius 3 is 2.84 bits per heavy atom. The molecule has 0 aromatic carbocycles. The lowest BCUT2D eigenvalue weighted by molar-refractivity contribution is 0.112. The number of aromatic nitrogens is 1. The number of pyridine rings is 1. The molecular weight excluding hydrogens is 234 g/mol. The molecule has 0 spiro atoms. The molecule has 0 saturated carbocycles. The molecular formula is C16H27N3. The van der Waals surface area contributed by atoms with Crippen molar-refractivity contribution in [3.8, 4) is 0 Å². The SMILES string of the molecule is CCCNc1ccc([C@@H]2CCCCN2C(C)C)cn1. The molecule has 3 nitrogen and oxygen atoms in total. The maximum Gasteiger partial charge on any atom is 0.125 e. The monoisotopic (exact) mass is 261 g/mol. The lowest BCUT2D eigenvalue weighted by atomic mass is 9.95. The van der Waals surface area contributed by atoms with Crippen molar-refractivity contribution in [1.82, 2.24) is 9.88 Å². The van der Waals surface area contributed by atoms with E-state index in [0.717, 1.165) is 18.8 Å². The smallest absolute Gasteiger partial charge is 0.125 e. The van der Waals surface area contributed by atoms with E-state index >= 15 is 0 Å². The third kappa shape index (κ3) is 3.69. The normalized spacial score (nSPS) is 20.7. The van der Waals surface area contributed by atoms with E-state index in [1.54, 1.807) is 0 Å². The largest absolute Gasteiger partial charge is 0.370 e. The Labute approximate surface area is 117 Å². The van der Waals surface area contributed by atoms with Gasteiger partial charge in [-0.15, -0.1) is 0 Å². The molecule has 0 unspecified atom stereocenters. The first-order valence-electron chi connectivity index (χ1n) is 7.68. The summed E-state index contributed by atoms with van der Waals surface area (Å²) in [4.78, 5) is 7.16. The molecule has 1 fully saturated rings. The number of hydrogen-bond acceptors (Lipinski definition) is 3. The maximum atomic E-state index is 4.55. The van der Waals surface area contributed by atoms with E-state index in [0.29, 0.717) is 12.1 Å². The molecule has 2 heterocycles. The standard InChI is InChI=1S/C16H27N3/c1-4-10-17-16-9-8-14(12-18-16)15-7-5-6-11-19(15)13(2)3/h8-9,12-13,15H,4-7,10-11H2,1-3H3,(H,17,18)/t15-/m0/s1. The van der Waals surface area contributed by atoms with Crippen molar-refractivity contribution in [3.63, 3.8) is 0 Å². The Hall–Kier alpha value is -1.09. The predicted molar refractivity (Wildman–Crippen MR) is 81.5 cm³/mol. The zero-order chi connectivity index (χ0) is 13.7. The van der Waals surface area contributed by atoms with E-state index in [-0.39, 0.29) is 0 Å². The van der Waals surface area contributed by atoms with E-state index in [1.165, 1.54) is 31.4 Å². The Kier molecular flexibility index (Phi) is 5.20. The van der Waals surface area contributed by atoms with Crippen LogP contribution in [0.5, 0.6) is 0 Å². The van der Waals surface area contributed by atoms with Crippen LogP contribution in [0.3, 0.4) is 0 Å². The first-order chi connectivity index (χ1) is 9.22. The second-order valence-corrected chi connectivity index (χ2v) is 5.75. The van der Waals surface area contributed by atoms with Gasteiger partial charge in [-0.2, -0.15) is 0 Å². The van der Waals surface area contributed by atoms with Gasteiger partial charge in [-0.3, -0.25) is 4.90 Å². The second kappa shape index (κ2) is 6.90. The third-order valence-corrected chi connectivity index (χ3v) is 3.93. The Morgan fingerprint density at radius 1 is 1.37 bits per heavy atom. The van der Waals surface area contributed by atoms with Gasteiger partial charge in [0.15, 0.2) is 0 Å². The zero-order valence-electron chi connectivity index (χ0n) is 12.5. The summed E-state index contributed by atoms with van der Waals surface area (Å²) in [7, 11) is 0. The van der Waals surface area contributed by atoms with E-state index in [9.17, 15) is 0 Å². The fourth-order valence-electron chi connectivity index (χ4n) is 2.89. The Bertz CT molecular complexity index is 372. The van der Waals surface area contributed by atoms with Crippen LogP contribution < -0.4 is 5.32 Å². The van der Waals surface area contributed by atoms with Crippen LogP contribution in [0.25, 0.3) is 0 Å². The molecule has 1 aliphatic rings. The van der Waals surface area contributed by atoms with Crippen molar-refractivity contribution < 1.29 is 0 Å². The first kappa shape index (κ1) is 14.3. The van der Waals surface area contributed by atoms with Gasteiger partial charge in [0, 0.05) is 24.8 Å². The van der Waals surface area contributed by atoms with E-state index in [1.807, 2.05) is 0 Å². The molecule has 0 aliphatic carbocycles. The molecule has 0 amide bonds. The van der Waals surface area contributed by atoms with Gasteiger partial charge in [-0.1, -0.05) is 19.4 Å². The van der Waals surface area contributed by atoms with Gasteiger partial charge in [0.05, 0.1) is 0 Å². The highest BCUT2D eigenvalue weighted by Gasteiger charge is 2.25. The van der Waals surface area contributed by atoms with Crippen LogP contribution in [0, 0.1) is 0 Å². The van der Waals surface area contributed by atoms with Crippen molar-refractivity contribution in [3.05, 3.63) is 23.9 Å². The molecule has 1 aliphatic heterocycles. The van der Waals surface area contributed by atoms with Gasteiger partial charge in [0.25, 0.3) is 0 Å². The van der Waals surface area contributed by atoms with Crippen molar-refractivity contribution in [2.24, 2.45) is 0 Å². The third-order valence-electron chi connectivity index (χ3n) is 3.93. The van der Waals surface area contributed by atoms with E-state index < -0.39 is 0 Å². The zero-order valence-corrected chi connectivity index (χ0v) is 12.5. The molecule has 1 N–H and O–H groups in total. The van der Waals surface area contributed by atoms with Crippen LogP contribution >= 0.6 is 0 Å². The molecule has 0 bridgehead atoms. The van der Waals surface area contributed by atoms with Crippen molar-refractivity contribution >= 4 is 5.82 Å². The van der Waals surface area contributed by atoms with E-state index in [4.69, 9.17) is 0 Å². The Balaban J connectivity index is 2.07. The van der Waals surface area contributed by atoms with Crippen molar-refractivity contribution in [1.29, 1.82) is 0 Å². The summed E-state index contributed by atoms with van der Waals surface area (Å²) in [6.45, 7) is 8.97. The molecule has 0 radical (unpaired) electrons. The van der Waals surface area contributed by atoms with Crippen molar-refractivity contribution in [2.75, 3.05) is 18.4 Å². The minimum atomic E-state index is 0.557. The minimum Gasteiger partial charge on any atom is -0.370 e. The molecule has 106 valence electrons. The van der Waals surface area contributed by atoms with Crippen LogP contribution in [-0.2, 0) is 0 Å². The number of anilines is 1. The summed E-state index contributed by atoms with van der Waals surface area (Å²) >= 11 is 0. The van der Waals surface area contributed by atoms with Crippen LogP contribution in [-0.4, -0.2) is 29.0 Å². The quantitative estimate of drug-likeness (QED) is 0.873. The fourth-order valence-corrected chi connectivity index (χ4v) is 2.89. The summed E-state index contributed by atoms with van der Waals surface area (Å²) in [5.41, 5.74) is 1.37. The second-order valence-electron chi connectivity index (χ2n) is 5.75. The number of likely N-dealkylation sites (tertiary alicyclic amines) is 1. The van der Waals surface area contributed by atoms with Gasteiger partial charge in [-0.05, 0) is 51.3 Å². The van der Waals surface area contributed by atoms with Gasteiger partial charge in [0.1, 0.15) is 5.82 Å². The highest BCUT2D eigenvalue weighted by atomic mass is 15.2. The topological polar surface area (TPSA) is 28.2 Å². The van der Waals surface area contributed by atoms with Crippen LogP contribution in [0.1, 0.15) is 58.1 Å². The van der Waals surface area contributed by atoms with Crippen LogP contribution in [0.2, 0.25) is 0 Å². The lowest BCUT2D eigenvalue weighted by Crippen LogP contribution is -2.38. The summed E-state index contributed by atoms with van der Waals surface area (Å²) < 4.78 is 0.